The highest BCUT2D eigenvalue weighted by Crippen LogP contribution is 2.33. The van der Waals surface area contributed by atoms with E-state index < -0.39 is 0 Å². The molecule has 17 heavy (non-hydrogen) atoms. The largest absolute Gasteiger partial charge is 0.384 e. The van der Waals surface area contributed by atoms with Gasteiger partial charge in [-0.3, -0.25) is 4.98 Å². The lowest BCUT2D eigenvalue weighted by Gasteiger charge is -2.12. The summed E-state index contributed by atoms with van der Waals surface area (Å²) in [6, 6.07) is 6.28. The minimum absolute atomic E-state index is 0.983. The van der Waals surface area contributed by atoms with Crippen molar-refractivity contribution in [3.05, 3.63) is 31.9 Å². The molecule has 90 valence electrons. The van der Waals surface area contributed by atoms with Gasteiger partial charge >= 0.3 is 0 Å². The van der Waals surface area contributed by atoms with Crippen LogP contribution in [-0.4, -0.2) is 11.5 Å². The van der Waals surface area contributed by atoms with E-state index in [1.54, 1.807) is 0 Å². The summed E-state index contributed by atoms with van der Waals surface area (Å²) in [6.45, 7) is 5.19. The number of pyridine rings is 1. The SMILES string of the molecule is CCCNc1cc(C)nc2c(I)ccc(Br)c12. The van der Waals surface area contributed by atoms with Crippen LogP contribution in [0.2, 0.25) is 0 Å². The number of benzene rings is 1. The Balaban J connectivity index is 2.68. The van der Waals surface area contributed by atoms with Crippen LogP contribution >= 0.6 is 38.5 Å². The van der Waals surface area contributed by atoms with Crippen molar-refractivity contribution in [3.63, 3.8) is 0 Å². The van der Waals surface area contributed by atoms with Crippen molar-refractivity contribution in [1.82, 2.24) is 4.98 Å². The van der Waals surface area contributed by atoms with Gasteiger partial charge in [-0.15, -0.1) is 0 Å². The van der Waals surface area contributed by atoms with Crippen LogP contribution in [0, 0.1) is 10.5 Å². The van der Waals surface area contributed by atoms with Crippen LogP contribution in [0.25, 0.3) is 10.9 Å². The van der Waals surface area contributed by atoms with Crippen molar-refractivity contribution in [2.24, 2.45) is 0 Å². The van der Waals surface area contributed by atoms with E-state index >= 15 is 0 Å². The number of hydrogen-bond acceptors (Lipinski definition) is 2. The second-order valence-electron chi connectivity index (χ2n) is 3.99. The molecule has 0 spiro atoms. The van der Waals surface area contributed by atoms with Gasteiger partial charge in [0.15, 0.2) is 0 Å². The topological polar surface area (TPSA) is 24.9 Å². The Bertz CT molecular complexity index is 555. The number of nitrogens with zero attached hydrogens (tertiary/aromatic N) is 1. The maximum absolute atomic E-state index is 4.63. The van der Waals surface area contributed by atoms with Gasteiger partial charge in [-0.05, 0) is 54.1 Å². The van der Waals surface area contributed by atoms with Crippen LogP contribution in [0.3, 0.4) is 0 Å². The lowest BCUT2D eigenvalue weighted by atomic mass is 10.1. The zero-order chi connectivity index (χ0) is 12.4. The third kappa shape index (κ3) is 2.73. The number of aryl methyl sites for hydroxylation is 1. The zero-order valence-electron chi connectivity index (χ0n) is 9.85. The molecule has 0 aliphatic carbocycles. The summed E-state index contributed by atoms with van der Waals surface area (Å²) in [6.07, 6.45) is 1.12. The molecule has 1 heterocycles. The standard InChI is InChI=1S/C13H14BrIN2/c1-3-6-16-11-7-8(2)17-13-10(15)5-4-9(14)12(11)13/h4-5,7H,3,6H2,1-2H3,(H,16,17). The highest BCUT2D eigenvalue weighted by molar-refractivity contribution is 14.1. The van der Waals surface area contributed by atoms with Crippen LogP contribution in [0.4, 0.5) is 5.69 Å². The van der Waals surface area contributed by atoms with Gasteiger partial charge in [0, 0.05) is 31.4 Å². The first kappa shape index (κ1) is 13.1. The minimum atomic E-state index is 0.983. The van der Waals surface area contributed by atoms with Gasteiger partial charge in [0.05, 0.1) is 5.52 Å². The van der Waals surface area contributed by atoms with E-state index in [0.29, 0.717) is 0 Å². The van der Waals surface area contributed by atoms with Gasteiger partial charge < -0.3 is 5.32 Å². The molecule has 0 fully saturated rings. The van der Waals surface area contributed by atoms with Gasteiger partial charge in [0.2, 0.25) is 0 Å². The van der Waals surface area contributed by atoms with Gasteiger partial charge in [0.25, 0.3) is 0 Å². The molecule has 0 amide bonds. The van der Waals surface area contributed by atoms with Crippen LogP contribution in [0.5, 0.6) is 0 Å². The number of halogens is 2. The predicted octanol–water partition coefficient (Wildman–Crippen LogP) is 4.73. The number of rotatable bonds is 3. The molecule has 2 nitrogen and oxygen atoms in total. The van der Waals surface area contributed by atoms with Crippen LogP contribution in [0.15, 0.2) is 22.7 Å². The smallest absolute Gasteiger partial charge is 0.0870 e. The summed E-state index contributed by atoms with van der Waals surface area (Å²) in [5, 5.41) is 4.65. The number of aromatic nitrogens is 1. The molecule has 0 aliphatic heterocycles. The molecule has 0 saturated carbocycles. The molecule has 4 heteroatoms. The van der Waals surface area contributed by atoms with E-state index in [1.807, 2.05) is 6.92 Å². The van der Waals surface area contributed by atoms with Gasteiger partial charge in [0.1, 0.15) is 0 Å². The summed E-state index contributed by atoms with van der Waals surface area (Å²) < 4.78 is 2.28. The highest BCUT2D eigenvalue weighted by Gasteiger charge is 2.09. The Morgan fingerprint density at radius 3 is 2.88 bits per heavy atom. The number of fused-ring (bicyclic) bond motifs is 1. The molecule has 0 radical (unpaired) electrons. The molecule has 0 unspecified atom stereocenters. The van der Waals surface area contributed by atoms with E-state index in [1.165, 1.54) is 14.6 Å². The lowest BCUT2D eigenvalue weighted by molar-refractivity contribution is 0.980. The Morgan fingerprint density at radius 2 is 2.18 bits per heavy atom. The average Bonchev–Trinajstić information content (AvgIpc) is 2.30. The molecule has 1 aromatic heterocycles. The first-order valence-electron chi connectivity index (χ1n) is 5.62. The number of anilines is 1. The summed E-state index contributed by atoms with van der Waals surface area (Å²) >= 11 is 5.95. The van der Waals surface area contributed by atoms with E-state index in [9.17, 15) is 0 Å². The highest BCUT2D eigenvalue weighted by atomic mass is 127. The summed E-state index contributed by atoms with van der Waals surface area (Å²) in [5.41, 5.74) is 3.28. The fourth-order valence-electron chi connectivity index (χ4n) is 1.80. The molecule has 1 N–H and O–H groups in total. The summed E-state index contributed by atoms with van der Waals surface area (Å²) in [4.78, 5) is 4.63. The zero-order valence-corrected chi connectivity index (χ0v) is 13.6. The van der Waals surface area contributed by atoms with Gasteiger partial charge in [-0.25, -0.2) is 0 Å². The van der Waals surface area contributed by atoms with Crippen molar-refractivity contribution in [2.75, 3.05) is 11.9 Å². The maximum Gasteiger partial charge on any atom is 0.0870 e. The Morgan fingerprint density at radius 1 is 1.41 bits per heavy atom. The van der Waals surface area contributed by atoms with Crippen molar-refractivity contribution >= 4 is 55.1 Å². The molecule has 0 atom stereocenters. The maximum atomic E-state index is 4.63. The third-order valence-electron chi connectivity index (χ3n) is 2.55. The quantitative estimate of drug-likeness (QED) is 0.748. The van der Waals surface area contributed by atoms with Crippen LogP contribution < -0.4 is 5.32 Å². The molecular formula is C13H14BrIN2. The molecule has 2 aromatic rings. The van der Waals surface area contributed by atoms with Crippen molar-refractivity contribution in [3.8, 4) is 0 Å². The fourth-order valence-corrected chi connectivity index (χ4v) is 2.90. The van der Waals surface area contributed by atoms with Crippen molar-refractivity contribution < 1.29 is 0 Å². The van der Waals surface area contributed by atoms with E-state index in [-0.39, 0.29) is 0 Å². The Kier molecular flexibility index (Phi) is 4.25. The first-order valence-corrected chi connectivity index (χ1v) is 7.50. The molecule has 0 aliphatic rings. The average molecular weight is 405 g/mol. The van der Waals surface area contributed by atoms with Gasteiger partial charge in [-0.2, -0.15) is 0 Å². The minimum Gasteiger partial charge on any atom is -0.384 e. The monoisotopic (exact) mass is 404 g/mol. The second kappa shape index (κ2) is 5.52. The van der Waals surface area contributed by atoms with E-state index in [0.717, 1.165) is 28.6 Å². The predicted molar refractivity (Wildman–Crippen MR) is 85.7 cm³/mol. The van der Waals surface area contributed by atoms with Crippen molar-refractivity contribution in [1.29, 1.82) is 0 Å². The Hall–Kier alpha value is -0.360. The summed E-state index contributed by atoms with van der Waals surface area (Å²) in [7, 11) is 0. The van der Waals surface area contributed by atoms with E-state index in [4.69, 9.17) is 0 Å². The number of nitrogens with one attached hydrogen (secondary N) is 1. The normalized spacial score (nSPS) is 10.8. The molecule has 1 aromatic carbocycles. The van der Waals surface area contributed by atoms with E-state index in [2.05, 4.69) is 73.9 Å². The Labute approximate surface area is 123 Å². The fraction of sp³-hybridized carbons (Fsp3) is 0.308. The third-order valence-corrected chi connectivity index (χ3v) is 4.09. The second-order valence-corrected chi connectivity index (χ2v) is 6.01. The van der Waals surface area contributed by atoms with Crippen LogP contribution in [-0.2, 0) is 0 Å². The lowest BCUT2D eigenvalue weighted by Crippen LogP contribution is -2.02. The number of hydrogen-bond donors (Lipinski definition) is 1. The molecule has 0 bridgehead atoms. The molecule has 0 saturated heterocycles. The molecular weight excluding hydrogens is 391 g/mol. The van der Waals surface area contributed by atoms with Gasteiger partial charge in [-0.1, -0.05) is 22.9 Å². The molecule has 2 rings (SSSR count). The first-order chi connectivity index (χ1) is 8.13. The van der Waals surface area contributed by atoms with Crippen molar-refractivity contribution in [2.45, 2.75) is 20.3 Å². The summed E-state index contributed by atoms with van der Waals surface area (Å²) in [5.74, 6) is 0. The van der Waals surface area contributed by atoms with Crippen LogP contribution in [0.1, 0.15) is 19.0 Å².